The molecule has 0 aliphatic carbocycles. The predicted octanol–water partition coefficient (Wildman–Crippen LogP) is 7.95. The van der Waals surface area contributed by atoms with Gasteiger partial charge >= 0.3 is 0 Å². The zero-order valence-corrected chi connectivity index (χ0v) is 19.0. The van der Waals surface area contributed by atoms with Crippen molar-refractivity contribution in [3.8, 4) is 0 Å². The Labute approximate surface area is 167 Å². The summed E-state index contributed by atoms with van der Waals surface area (Å²) in [6.45, 7) is 15.1. The van der Waals surface area contributed by atoms with Crippen molar-refractivity contribution in [1.29, 1.82) is 0 Å². The third kappa shape index (κ3) is 16.1. The van der Waals surface area contributed by atoms with Crippen LogP contribution in [0.3, 0.4) is 0 Å². The van der Waals surface area contributed by atoms with E-state index in [1.807, 2.05) is 0 Å². The summed E-state index contributed by atoms with van der Waals surface area (Å²) in [7, 11) is 0. The predicted molar refractivity (Wildman–Crippen MR) is 118 cm³/mol. The van der Waals surface area contributed by atoms with Gasteiger partial charge in [-0.05, 0) is 32.1 Å². The highest BCUT2D eigenvalue weighted by atomic mass is 16.0. The Bertz CT molecular complexity index is 233. The normalized spacial score (nSPS) is 11.5. The lowest BCUT2D eigenvalue weighted by atomic mass is 10.1. The van der Waals surface area contributed by atoms with Crippen molar-refractivity contribution < 1.29 is 9.96 Å². The van der Waals surface area contributed by atoms with Crippen molar-refractivity contribution in [2.45, 2.75) is 130 Å². The van der Waals surface area contributed by atoms with Crippen LogP contribution in [-0.2, 0) is 0 Å². The molecule has 2 nitrogen and oxygen atoms in total. The van der Waals surface area contributed by atoms with Gasteiger partial charge in [0.05, 0.1) is 26.2 Å². The van der Waals surface area contributed by atoms with E-state index in [2.05, 4.69) is 27.7 Å². The zero-order valence-electron chi connectivity index (χ0n) is 19.0. The molecular weight excluding hydrogens is 318 g/mol. The van der Waals surface area contributed by atoms with Crippen LogP contribution in [0.5, 0.6) is 0 Å². The standard InChI is InChI=1S/C24H52N.H2O/c1-5-9-13-14-15-16-17-18-19-20-24-25(21-10-6-2,22-11-7-3)23-12-8-4;/h5-24H2,1-4H3;1H2/q+1;/p-1. The molecule has 0 unspecified atom stereocenters. The van der Waals surface area contributed by atoms with Gasteiger partial charge in [0.1, 0.15) is 0 Å². The summed E-state index contributed by atoms with van der Waals surface area (Å²) < 4.78 is 1.44. The first-order chi connectivity index (χ1) is 12.2. The second kappa shape index (κ2) is 21.2. The molecule has 0 bridgehead atoms. The van der Waals surface area contributed by atoms with Crippen LogP contribution in [0, 0.1) is 0 Å². The Morgan fingerprint density at radius 1 is 0.346 bits per heavy atom. The van der Waals surface area contributed by atoms with Gasteiger partial charge in [0.2, 0.25) is 0 Å². The Balaban J connectivity index is 0. The molecule has 0 aromatic rings. The first-order valence-corrected chi connectivity index (χ1v) is 12.1. The van der Waals surface area contributed by atoms with Crippen LogP contribution >= 0.6 is 0 Å². The van der Waals surface area contributed by atoms with Crippen LogP contribution < -0.4 is 0 Å². The monoisotopic (exact) mass is 371 g/mol. The van der Waals surface area contributed by atoms with E-state index in [-0.39, 0.29) is 5.48 Å². The minimum absolute atomic E-state index is 0. The molecule has 0 rings (SSSR count). The van der Waals surface area contributed by atoms with Gasteiger partial charge in [-0.2, -0.15) is 0 Å². The highest BCUT2D eigenvalue weighted by Gasteiger charge is 2.24. The molecule has 0 aliphatic rings. The SMILES string of the molecule is CCCCCCCCCCCC[N+](CCCC)(CCCC)CCCC.[OH-]. The van der Waals surface area contributed by atoms with Crippen LogP contribution in [0.25, 0.3) is 0 Å². The number of quaternary nitrogens is 1. The second-order valence-corrected chi connectivity index (χ2v) is 8.48. The molecule has 0 amide bonds. The van der Waals surface area contributed by atoms with Crippen molar-refractivity contribution in [3.63, 3.8) is 0 Å². The van der Waals surface area contributed by atoms with Gasteiger partial charge in [0, 0.05) is 0 Å². The van der Waals surface area contributed by atoms with Crippen molar-refractivity contribution in [2.75, 3.05) is 26.2 Å². The van der Waals surface area contributed by atoms with Crippen LogP contribution in [0.2, 0.25) is 0 Å². The smallest absolute Gasteiger partial charge is 0.0786 e. The third-order valence-corrected chi connectivity index (χ3v) is 5.94. The van der Waals surface area contributed by atoms with Gasteiger partial charge < -0.3 is 9.96 Å². The number of nitrogens with zero attached hydrogens (tertiary/aromatic N) is 1. The van der Waals surface area contributed by atoms with E-state index < -0.39 is 0 Å². The summed E-state index contributed by atoms with van der Waals surface area (Å²) in [5, 5.41) is 0. The van der Waals surface area contributed by atoms with E-state index in [1.54, 1.807) is 0 Å². The third-order valence-electron chi connectivity index (χ3n) is 5.94. The summed E-state index contributed by atoms with van der Waals surface area (Å²) in [4.78, 5) is 0. The molecule has 0 atom stereocenters. The Hall–Kier alpha value is -0.0800. The van der Waals surface area contributed by atoms with Crippen LogP contribution in [0.15, 0.2) is 0 Å². The van der Waals surface area contributed by atoms with E-state index >= 15 is 0 Å². The first-order valence-electron chi connectivity index (χ1n) is 12.1. The van der Waals surface area contributed by atoms with Crippen molar-refractivity contribution in [3.05, 3.63) is 0 Å². The minimum Gasteiger partial charge on any atom is -0.870 e. The van der Waals surface area contributed by atoms with E-state index in [0.717, 1.165) is 0 Å². The van der Waals surface area contributed by atoms with E-state index in [1.165, 1.54) is 133 Å². The Morgan fingerprint density at radius 3 is 0.962 bits per heavy atom. The molecule has 0 aromatic heterocycles. The van der Waals surface area contributed by atoms with Gasteiger partial charge in [-0.1, -0.05) is 98.3 Å². The average Bonchev–Trinajstić information content (AvgIpc) is 2.64. The topological polar surface area (TPSA) is 30.0 Å². The quantitative estimate of drug-likeness (QED) is 0.158. The number of hydrogen-bond donors (Lipinski definition) is 0. The molecule has 1 N–H and O–H groups in total. The summed E-state index contributed by atoms with van der Waals surface area (Å²) in [5.41, 5.74) is 0. The zero-order chi connectivity index (χ0) is 18.6. The molecule has 0 spiro atoms. The molecule has 0 fully saturated rings. The summed E-state index contributed by atoms with van der Waals surface area (Å²) in [6, 6.07) is 0. The molecule has 0 saturated carbocycles. The molecule has 26 heavy (non-hydrogen) atoms. The van der Waals surface area contributed by atoms with Crippen molar-refractivity contribution in [2.24, 2.45) is 0 Å². The van der Waals surface area contributed by atoms with E-state index in [9.17, 15) is 0 Å². The highest BCUT2D eigenvalue weighted by Crippen LogP contribution is 2.18. The van der Waals surface area contributed by atoms with Crippen molar-refractivity contribution >= 4 is 0 Å². The van der Waals surface area contributed by atoms with Gasteiger partial charge in [0.15, 0.2) is 0 Å². The van der Waals surface area contributed by atoms with Crippen LogP contribution in [0.4, 0.5) is 0 Å². The molecule has 0 aliphatic heterocycles. The van der Waals surface area contributed by atoms with Crippen LogP contribution in [-0.4, -0.2) is 36.1 Å². The fraction of sp³-hybridized carbons (Fsp3) is 1.00. The molecule has 0 heterocycles. The van der Waals surface area contributed by atoms with Gasteiger partial charge in [-0.25, -0.2) is 0 Å². The minimum atomic E-state index is 0. The maximum absolute atomic E-state index is 2.36. The molecule has 0 saturated heterocycles. The van der Waals surface area contributed by atoms with Gasteiger partial charge in [-0.15, -0.1) is 0 Å². The lowest BCUT2D eigenvalue weighted by Crippen LogP contribution is -2.50. The summed E-state index contributed by atoms with van der Waals surface area (Å²) in [5.74, 6) is 0. The largest absolute Gasteiger partial charge is 0.870 e. The molecule has 160 valence electrons. The number of unbranched alkanes of at least 4 members (excludes halogenated alkanes) is 12. The Morgan fingerprint density at radius 2 is 0.615 bits per heavy atom. The number of hydrogen-bond acceptors (Lipinski definition) is 1. The number of rotatable bonds is 20. The average molecular weight is 372 g/mol. The first kappa shape index (κ1) is 28.1. The maximum atomic E-state index is 2.36. The second-order valence-electron chi connectivity index (χ2n) is 8.48. The van der Waals surface area contributed by atoms with E-state index in [0.29, 0.717) is 0 Å². The fourth-order valence-electron chi connectivity index (χ4n) is 4.09. The fourth-order valence-corrected chi connectivity index (χ4v) is 4.09. The van der Waals surface area contributed by atoms with E-state index in [4.69, 9.17) is 0 Å². The van der Waals surface area contributed by atoms with Crippen LogP contribution in [0.1, 0.15) is 130 Å². The molecule has 2 heteroatoms. The summed E-state index contributed by atoms with van der Waals surface area (Å²) >= 11 is 0. The van der Waals surface area contributed by atoms with Gasteiger partial charge in [-0.3, -0.25) is 0 Å². The highest BCUT2D eigenvalue weighted by molar-refractivity contribution is 4.52. The Kier molecular flexibility index (Phi) is 23.0. The molecular formula is C24H53NO. The molecule has 0 aromatic carbocycles. The van der Waals surface area contributed by atoms with Crippen molar-refractivity contribution in [1.82, 2.24) is 0 Å². The summed E-state index contributed by atoms with van der Waals surface area (Å²) in [6.07, 6.45) is 22.9. The van der Waals surface area contributed by atoms with Gasteiger partial charge in [0.25, 0.3) is 0 Å². The lowest BCUT2D eigenvalue weighted by molar-refractivity contribution is -0.929. The molecule has 0 radical (unpaired) electrons. The maximum Gasteiger partial charge on any atom is 0.0786 e. The lowest BCUT2D eigenvalue weighted by Gasteiger charge is -2.39.